The molecular formula is C15H14N2O. The molecule has 1 heterocycles. The van der Waals surface area contributed by atoms with Gasteiger partial charge in [-0.3, -0.25) is 4.79 Å². The van der Waals surface area contributed by atoms with E-state index in [4.69, 9.17) is 0 Å². The first kappa shape index (κ1) is 11.1. The summed E-state index contributed by atoms with van der Waals surface area (Å²) < 4.78 is 0. The molecule has 0 amide bonds. The summed E-state index contributed by atoms with van der Waals surface area (Å²) in [5, 5.41) is 0. The summed E-state index contributed by atoms with van der Waals surface area (Å²) in [4.78, 5) is 20.3. The summed E-state index contributed by atoms with van der Waals surface area (Å²) in [5.74, 6) is 0.680. The van der Waals surface area contributed by atoms with E-state index in [1.807, 2.05) is 12.1 Å². The second-order valence-electron chi connectivity index (χ2n) is 4.60. The van der Waals surface area contributed by atoms with Crippen LogP contribution in [0.5, 0.6) is 0 Å². The number of Topliss-reactive ketones (excluding diaryl/α,β-unsaturated/α-hetero) is 1. The van der Waals surface area contributed by atoms with Crippen LogP contribution in [0.15, 0.2) is 36.7 Å². The summed E-state index contributed by atoms with van der Waals surface area (Å²) in [7, 11) is 0. The summed E-state index contributed by atoms with van der Waals surface area (Å²) >= 11 is 0. The van der Waals surface area contributed by atoms with Crippen LogP contribution in [0.2, 0.25) is 0 Å². The van der Waals surface area contributed by atoms with Gasteiger partial charge in [0.15, 0.2) is 5.78 Å². The first-order valence-electron chi connectivity index (χ1n) is 6.24. The number of hydrogen-bond donors (Lipinski definition) is 0. The van der Waals surface area contributed by atoms with Crippen molar-refractivity contribution in [2.75, 3.05) is 0 Å². The van der Waals surface area contributed by atoms with E-state index in [9.17, 15) is 4.79 Å². The number of hydrogen-bond acceptors (Lipinski definition) is 3. The fourth-order valence-corrected chi connectivity index (χ4v) is 2.41. The lowest BCUT2D eigenvalue weighted by Crippen LogP contribution is -2.07. The SMILES string of the molecule is O=C(Cc1ncccn1)c1ccc2c(c1)CCC2. The molecule has 1 aliphatic carbocycles. The van der Waals surface area contributed by atoms with Gasteiger partial charge < -0.3 is 0 Å². The van der Waals surface area contributed by atoms with Crippen LogP contribution in [0, 0.1) is 0 Å². The van der Waals surface area contributed by atoms with E-state index in [0.717, 1.165) is 18.4 Å². The molecule has 0 aliphatic heterocycles. The van der Waals surface area contributed by atoms with Crippen LogP contribution < -0.4 is 0 Å². The lowest BCUT2D eigenvalue weighted by molar-refractivity contribution is 0.0990. The molecule has 0 bridgehead atoms. The van der Waals surface area contributed by atoms with Crippen molar-refractivity contribution < 1.29 is 4.79 Å². The third kappa shape index (κ3) is 2.16. The van der Waals surface area contributed by atoms with E-state index < -0.39 is 0 Å². The highest BCUT2D eigenvalue weighted by Gasteiger charge is 2.14. The quantitative estimate of drug-likeness (QED) is 0.771. The summed E-state index contributed by atoms with van der Waals surface area (Å²) in [6.07, 6.45) is 7.05. The molecule has 2 aromatic rings. The molecule has 90 valence electrons. The van der Waals surface area contributed by atoms with Crippen molar-refractivity contribution in [3.8, 4) is 0 Å². The fraction of sp³-hybridized carbons (Fsp3) is 0.267. The first-order valence-corrected chi connectivity index (χ1v) is 6.24. The summed E-state index contributed by atoms with van der Waals surface area (Å²) in [6, 6.07) is 7.80. The minimum Gasteiger partial charge on any atom is -0.294 e. The number of aryl methyl sites for hydroxylation is 2. The minimum absolute atomic E-state index is 0.0934. The largest absolute Gasteiger partial charge is 0.294 e. The number of nitrogens with zero attached hydrogens (tertiary/aromatic N) is 2. The highest BCUT2D eigenvalue weighted by molar-refractivity contribution is 5.97. The minimum atomic E-state index is 0.0934. The molecule has 0 atom stereocenters. The molecule has 0 N–H and O–H groups in total. The van der Waals surface area contributed by atoms with Gasteiger partial charge in [0.05, 0.1) is 6.42 Å². The van der Waals surface area contributed by atoms with Crippen LogP contribution >= 0.6 is 0 Å². The van der Waals surface area contributed by atoms with Crippen molar-refractivity contribution in [1.82, 2.24) is 9.97 Å². The van der Waals surface area contributed by atoms with Crippen LogP contribution in [0.4, 0.5) is 0 Å². The molecule has 3 nitrogen and oxygen atoms in total. The Morgan fingerprint density at radius 1 is 1.11 bits per heavy atom. The van der Waals surface area contributed by atoms with Crippen molar-refractivity contribution in [1.29, 1.82) is 0 Å². The van der Waals surface area contributed by atoms with Crippen molar-refractivity contribution in [2.45, 2.75) is 25.7 Å². The van der Waals surface area contributed by atoms with E-state index in [2.05, 4.69) is 16.0 Å². The molecule has 0 fully saturated rings. The van der Waals surface area contributed by atoms with E-state index in [0.29, 0.717) is 5.82 Å². The third-order valence-corrected chi connectivity index (χ3v) is 3.36. The normalized spacial score (nSPS) is 13.3. The maximum absolute atomic E-state index is 12.1. The van der Waals surface area contributed by atoms with Crippen LogP contribution in [-0.4, -0.2) is 15.8 Å². The van der Waals surface area contributed by atoms with Crippen molar-refractivity contribution in [3.63, 3.8) is 0 Å². The monoisotopic (exact) mass is 238 g/mol. The smallest absolute Gasteiger partial charge is 0.170 e. The van der Waals surface area contributed by atoms with Gasteiger partial charge in [0, 0.05) is 18.0 Å². The fourth-order valence-electron chi connectivity index (χ4n) is 2.41. The second kappa shape index (κ2) is 4.69. The van der Waals surface area contributed by atoms with Crippen LogP contribution in [0.1, 0.15) is 33.7 Å². The number of rotatable bonds is 3. The predicted molar refractivity (Wildman–Crippen MR) is 68.5 cm³/mol. The Morgan fingerprint density at radius 2 is 1.89 bits per heavy atom. The van der Waals surface area contributed by atoms with Crippen LogP contribution in [-0.2, 0) is 19.3 Å². The van der Waals surface area contributed by atoms with Gasteiger partial charge in [-0.1, -0.05) is 12.1 Å². The molecule has 1 aliphatic rings. The number of carbonyl (C=O) groups excluding carboxylic acids is 1. The zero-order chi connectivity index (χ0) is 12.4. The number of aromatic nitrogens is 2. The lowest BCUT2D eigenvalue weighted by atomic mass is 10.0. The first-order chi connectivity index (χ1) is 8.83. The van der Waals surface area contributed by atoms with E-state index in [-0.39, 0.29) is 12.2 Å². The molecule has 0 unspecified atom stereocenters. The van der Waals surface area contributed by atoms with Crippen molar-refractivity contribution in [3.05, 3.63) is 59.2 Å². The highest BCUT2D eigenvalue weighted by Crippen LogP contribution is 2.23. The van der Waals surface area contributed by atoms with Crippen molar-refractivity contribution in [2.24, 2.45) is 0 Å². The molecule has 0 saturated carbocycles. The molecule has 0 spiro atoms. The Kier molecular flexibility index (Phi) is 2.89. The average Bonchev–Trinajstić information content (AvgIpc) is 2.87. The van der Waals surface area contributed by atoms with E-state index >= 15 is 0 Å². The van der Waals surface area contributed by atoms with E-state index in [1.165, 1.54) is 17.5 Å². The van der Waals surface area contributed by atoms with Crippen LogP contribution in [0.3, 0.4) is 0 Å². The van der Waals surface area contributed by atoms with Gasteiger partial charge in [0.25, 0.3) is 0 Å². The Morgan fingerprint density at radius 3 is 2.72 bits per heavy atom. The number of carbonyl (C=O) groups is 1. The molecule has 18 heavy (non-hydrogen) atoms. The van der Waals surface area contributed by atoms with E-state index in [1.54, 1.807) is 18.5 Å². The van der Waals surface area contributed by atoms with Gasteiger partial charge in [0.1, 0.15) is 5.82 Å². The molecule has 0 saturated heterocycles. The van der Waals surface area contributed by atoms with Crippen LogP contribution in [0.25, 0.3) is 0 Å². The zero-order valence-corrected chi connectivity index (χ0v) is 10.1. The topological polar surface area (TPSA) is 42.9 Å². The summed E-state index contributed by atoms with van der Waals surface area (Å²) in [5.41, 5.74) is 3.50. The molecule has 0 radical (unpaired) electrons. The Hall–Kier alpha value is -2.03. The number of ketones is 1. The van der Waals surface area contributed by atoms with Gasteiger partial charge in [-0.25, -0.2) is 9.97 Å². The molecule has 1 aromatic carbocycles. The predicted octanol–water partition coefficient (Wildman–Crippen LogP) is 2.39. The van der Waals surface area contributed by atoms with Gasteiger partial charge >= 0.3 is 0 Å². The highest BCUT2D eigenvalue weighted by atomic mass is 16.1. The second-order valence-corrected chi connectivity index (χ2v) is 4.60. The van der Waals surface area contributed by atoms with Gasteiger partial charge in [-0.15, -0.1) is 0 Å². The molecular weight excluding hydrogens is 224 g/mol. The average molecular weight is 238 g/mol. The Balaban J connectivity index is 1.81. The zero-order valence-electron chi connectivity index (χ0n) is 10.1. The molecule has 1 aromatic heterocycles. The molecule has 3 rings (SSSR count). The van der Waals surface area contributed by atoms with Crippen molar-refractivity contribution >= 4 is 5.78 Å². The summed E-state index contributed by atoms with van der Waals surface area (Å²) in [6.45, 7) is 0. The van der Waals surface area contributed by atoms with Gasteiger partial charge in [0.2, 0.25) is 0 Å². The Bertz CT molecular complexity index is 578. The number of benzene rings is 1. The lowest BCUT2D eigenvalue weighted by Gasteiger charge is -2.03. The maximum Gasteiger partial charge on any atom is 0.170 e. The third-order valence-electron chi connectivity index (χ3n) is 3.36. The standard InChI is InChI=1S/C15H14N2O/c18-14(10-15-16-7-2-8-17-15)13-6-5-11-3-1-4-12(11)9-13/h2,5-9H,1,3-4,10H2. The number of fused-ring (bicyclic) bond motifs is 1. The van der Waals surface area contributed by atoms with Gasteiger partial charge in [-0.05, 0) is 42.5 Å². The van der Waals surface area contributed by atoms with Gasteiger partial charge in [-0.2, -0.15) is 0 Å². The maximum atomic E-state index is 12.1. The molecule has 3 heteroatoms. The Labute approximate surface area is 106 Å².